The Morgan fingerprint density at radius 2 is 2.37 bits per heavy atom. The average molecular weight is 328 g/mol. The Hall–Kier alpha value is -0.580. The summed E-state index contributed by atoms with van der Waals surface area (Å²) in [6, 6.07) is 6.57. The highest BCUT2D eigenvalue weighted by molar-refractivity contribution is 9.10. The highest BCUT2D eigenvalue weighted by Crippen LogP contribution is 2.28. The molecular formula is C15H22BrNO2. The number of hydrogen-bond donors (Lipinski definition) is 1. The van der Waals surface area contributed by atoms with Crippen molar-refractivity contribution >= 4 is 15.9 Å². The Labute approximate surface area is 123 Å². The third kappa shape index (κ3) is 4.20. The molecule has 0 saturated carbocycles. The van der Waals surface area contributed by atoms with Crippen LogP contribution in [-0.2, 0) is 4.74 Å². The van der Waals surface area contributed by atoms with Crippen LogP contribution in [0.4, 0.5) is 0 Å². The van der Waals surface area contributed by atoms with Gasteiger partial charge in [0.1, 0.15) is 5.75 Å². The second kappa shape index (κ2) is 7.27. The maximum atomic E-state index is 5.51. The summed E-state index contributed by atoms with van der Waals surface area (Å²) in [7, 11) is 1.69. The van der Waals surface area contributed by atoms with Crippen molar-refractivity contribution in [2.24, 2.45) is 5.92 Å². The highest BCUT2D eigenvalue weighted by atomic mass is 79.9. The molecule has 1 aliphatic heterocycles. The molecule has 1 fully saturated rings. The van der Waals surface area contributed by atoms with Crippen molar-refractivity contribution in [1.82, 2.24) is 5.32 Å². The number of halogens is 1. The molecule has 1 aromatic rings. The van der Waals surface area contributed by atoms with Gasteiger partial charge in [-0.3, -0.25) is 0 Å². The molecular weight excluding hydrogens is 306 g/mol. The van der Waals surface area contributed by atoms with Crippen LogP contribution in [0.15, 0.2) is 22.7 Å². The maximum Gasteiger partial charge on any atom is 0.133 e. The van der Waals surface area contributed by atoms with Crippen molar-refractivity contribution < 1.29 is 9.47 Å². The quantitative estimate of drug-likeness (QED) is 0.897. The second-order valence-electron chi connectivity index (χ2n) is 5.11. The van der Waals surface area contributed by atoms with Gasteiger partial charge in [0, 0.05) is 19.2 Å². The predicted molar refractivity (Wildman–Crippen MR) is 80.7 cm³/mol. The van der Waals surface area contributed by atoms with Crippen LogP contribution in [-0.4, -0.2) is 26.9 Å². The molecule has 0 radical (unpaired) electrons. The summed E-state index contributed by atoms with van der Waals surface area (Å²) in [5.74, 6) is 1.52. The van der Waals surface area contributed by atoms with E-state index in [9.17, 15) is 0 Å². The Morgan fingerprint density at radius 3 is 3.00 bits per heavy atom. The standard InChI is InChI=1S/C15H22BrNO2/c1-11(17-9-12-4-3-7-19-10-12)13-5-6-15(18-2)14(16)8-13/h5-6,8,11-12,17H,3-4,7,9-10H2,1-2H3. The van der Waals surface area contributed by atoms with Gasteiger partial charge in [-0.1, -0.05) is 6.07 Å². The number of nitrogens with one attached hydrogen (secondary N) is 1. The zero-order valence-electron chi connectivity index (χ0n) is 11.6. The molecule has 1 saturated heterocycles. The van der Waals surface area contributed by atoms with Gasteiger partial charge in [0.05, 0.1) is 18.2 Å². The van der Waals surface area contributed by atoms with Gasteiger partial charge in [-0.15, -0.1) is 0 Å². The van der Waals surface area contributed by atoms with E-state index in [0.29, 0.717) is 12.0 Å². The molecule has 1 aromatic carbocycles. The summed E-state index contributed by atoms with van der Waals surface area (Å²) in [6.45, 7) is 5.03. The van der Waals surface area contributed by atoms with Crippen molar-refractivity contribution in [1.29, 1.82) is 0 Å². The third-order valence-corrected chi connectivity index (χ3v) is 4.26. The molecule has 0 spiro atoms. The molecule has 1 aliphatic rings. The topological polar surface area (TPSA) is 30.5 Å². The fourth-order valence-electron chi connectivity index (χ4n) is 2.38. The Morgan fingerprint density at radius 1 is 1.53 bits per heavy atom. The summed E-state index contributed by atoms with van der Waals surface area (Å²) in [6.07, 6.45) is 2.46. The largest absolute Gasteiger partial charge is 0.496 e. The van der Waals surface area contributed by atoms with Gasteiger partial charge in [-0.2, -0.15) is 0 Å². The van der Waals surface area contributed by atoms with E-state index in [-0.39, 0.29) is 0 Å². The van der Waals surface area contributed by atoms with Gasteiger partial charge in [0.25, 0.3) is 0 Å². The van der Waals surface area contributed by atoms with E-state index in [1.54, 1.807) is 7.11 Å². The molecule has 3 nitrogen and oxygen atoms in total. The van der Waals surface area contributed by atoms with E-state index in [1.165, 1.54) is 18.4 Å². The lowest BCUT2D eigenvalue weighted by molar-refractivity contribution is 0.0540. The first kappa shape index (κ1) is 14.8. The maximum absolute atomic E-state index is 5.51. The zero-order chi connectivity index (χ0) is 13.7. The number of rotatable bonds is 5. The molecule has 0 aliphatic carbocycles. The lowest BCUT2D eigenvalue weighted by atomic mass is 10.0. The number of methoxy groups -OCH3 is 1. The minimum absolute atomic E-state index is 0.337. The normalized spacial score (nSPS) is 21.1. The first-order chi connectivity index (χ1) is 9.20. The van der Waals surface area contributed by atoms with Crippen LogP contribution in [0.25, 0.3) is 0 Å². The highest BCUT2D eigenvalue weighted by Gasteiger charge is 2.15. The average Bonchev–Trinajstić information content (AvgIpc) is 2.45. The van der Waals surface area contributed by atoms with Gasteiger partial charge in [-0.25, -0.2) is 0 Å². The summed E-state index contributed by atoms with van der Waals surface area (Å²) in [4.78, 5) is 0. The van der Waals surface area contributed by atoms with Crippen LogP contribution in [0, 0.1) is 5.92 Å². The van der Waals surface area contributed by atoms with Crippen LogP contribution >= 0.6 is 15.9 Å². The smallest absolute Gasteiger partial charge is 0.133 e. The molecule has 1 N–H and O–H groups in total. The van der Waals surface area contributed by atoms with Crippen LogP contribution < -0.4 is 10.1 Å². The molecule has 2 unspecified atom stereocenters. The van der Waals surface area contributed by atoms with E-state index >= 15 is 0 Å². The number of ether oxygens (including phenoxy) is 2. The van der Waals surface area contributed by atoms with Crippen LogP contribution in [0.2, 0.25) is 0 Å². The minimum Gasteiger partial charge on any atom is -0.496 e. The van der Waals surface area contributed by atoms with E-state index in [2.05, 4.69) is 40.3 Å². The first-order valence-electron chi connectivity index (χ1n) is 6.85. The van der Waals surface area contributed by atoms with Gasteiger partial charge in [0.15, 0.2) is 0 Å². The van der Waals surface area contributed by atoms with Crippen molar-refractivity contribution in [2.75, 3.05) is 26.9 Å². The van der Waals surface area contributed by atoms with Crippen molar-refractivity contribution in [2.45, 2.75) is 25.8 Å². The monoisotopic (exact) mass is 327 g/mol. The molecule has 106 valence electrons. The Bertz CT molecular complexity index is 405. The molecule has 0 amide bonds. The van der Waals surface area contributed by atoms with E-state index in [4.69, 9.17) is 9.47 Å². The Balaban J connectivity index is 1.88. The van der Waals surface area contributed by atoms with Crippen molar-refractivity contribution in [3.05, 3.63) is 28.2 Å². The summed E-state index contributed by atoms with van der Waals surface area (Å²) >= 11 is 3.53. The second-order valence-corrected chi connectivity index (χ2v) is 5.96. The van der Waals surface area contributed by atoms with Crippen LogP contribution in [0.1, 0.15) is 31.4 Å². The summed E-state index contributed by atoms with van der Waals surface area (Å²) < 4.78 is 11.8. The van der Waals surface area contributed by atoms with Gasteiger partial charge < -0.3 is 14.8 Å². The molecule has 2 atom stereocenters. The Kier molecular flexibility index (Phi) is 5.67. The van der Waals surface area contributed by atoms with Gasteiger partial charge in [-0.05, 0) is 59.3 Å². The summed E-state index contributed by atoms with van der Waals surface area (Å²) in [5, 5.41) is 3.59. The first-order valence-corrected chi connectivity index (χ1v) is 7.64. The van der Waals surface area contributed by atoms with Crippen LogP contribution in [0.5, 0.6) is 5.75 Å². The molecule has 2 rings (SSSR count). The number of hydrogen-bond acceptors (Lipinski definition) is 3. The minimum atomic E-state index is 0.337. The zero-order valence-corrected chi connectivity index (χ0v) is 13.2. The van der Waals surface area contributed by atoms with Crippen molar-refractivity contribution in [3.8, 4) is 5.75 Å². The predicted octanol–water partition coefficient (Wildman–Crippen LogP) is 3.53. The molecule has 19 heavy (non-hydrogen) atoms. The third-order valence-electron chi connectivity index (χ3n) is 3.64. The van der Waals surface area contributed by atoms with Gasteiger partial charge in [0.2, 0.25) is 0 Å². The van der Waals surface area contributed by atoms with E-state index in [1.807, 2.05) is 6.07 Å². The molecule has 0 aromatic heterocycles. The molecule has 0 bridgehead atoms. The fraction of sp³-hybridized carbons (Fsp3) is 0.600. The van der Waals surface area contributed by atoms with Crippen molar-refractivity contribution in [3.63, 3.8) is 0 Å². The van der Waals surface area contributed by atoms with E-state index in [0.717, 1.165) is 30.0 Å². The van der Waals surface area contributed by atoms with Crippen LogP contribution in [0.3, 0.4) is 0 Å². The van der Waals surface area contributed by atoms with Gasteiger partial charge >= 0.3 is 0 Å². The molecule has 4 heteroatoms. The lowest BCUT2D eigenvalue weighted by Crippen LogP contribution is -2.30. The van der Waals surface area contributed by atoms with E-state index < -0.39 is 0 Å². The number of benzene rings is 1. The lowest BCUT2D eigenvalue weighted by Gasteiger charge is -2.24. The fourth-order valence-corrected chi connectivity index (χ4v) is 2.94. The SMILES string of the molecule is COc1ccc(C(C)NCC2CCCOC2)cc1Br. The summed E-state index contributed by atoms with van der Waals surface area (Å²) in [5.41, 5.74) is 1.27. The molecule has 1 heterocycles.